The molecule has 0 aliphatic carbocycles. The molecule has 1 aliphatic heterocycles. The van der Waals surface area contributed by atoms with E-state index in [1.54, 1.807) is 13.0 Å². The summed E-state index contributed by atoms with van der Waals surface area (Å²) >= 11 is 0. The minimum atomic E-state index is -5.09. The number of halogens is 7. The molecule has 0 radical (unpaired) electrons. The first-order valence-electron chi connectivity index (χ1n) is 14.5. The van der Waals surface area contributed by atoms with Gasteiger partial charge in [0.2, 0.25) is 5.91 Å². The lowest BCUT2D eigenvalue weighted by Crippen LogP contribution is -2.42. The van der Waals surface area contributed by atoms with Crippen LogP contribution in [0.25, 0.3) is 11.1 Å². The summed E-state index contributed by atoms with van der Waals surface area (Å²) in [6.45, 7) is 5.20. The van der Waals surface area contributed by atoms with Crippen molar-refractivity contribution in [2.75, 3.05) is 42.8 Å². The molecule has 15 heteroatoms. The van der Waals surface area contributed by atoms with Crippen LogP contribution in [-0.2, 0) is 36.9 Å². The lowest BCUT2D eigenvalue weighted by molar-refractivity contribution is -0.143. The summed E-state index contributed by atoms with van der Waals surface area (Å²) in [5.41, 5.74) is -3.76. The summed E-state index contributed by atoms with van der Waals surface area (Å²) in [6, 6.07) is 6.80. The summed E-state index contributed by atoms with van der Waals surface area (Å²) < 4.78 is 124. The summed E-state index contributed by atoms with van der Waals surface area (Å²) in [7, 11) is -2.24. The lowest BCUT2D eigenvalue weighted by atomic mass is 9.81. The fraction of sp³-hybridized carbons (Fsp3) is 0.438. The molecule has 2 heterocycles. The van der Waals surface area contributed by atoms with Crippen molar-refractivity contribution in [3.8, 4) is 11.1 Å². The third-order valence-corrected chi connectivity index (χ3v) is 8.88. The van der Waals surface area contributed by atoms with Gasteiger partial charge in [-0.25, -0.2) is 9.37 Å². The summed E-state index contributed by atoms with van der Waals surface area (Å²) in [4.78, 5) is 21.6. The van der Waals surface area contributed by atoms with Crippen LogP contribution in [0.4, 0.5) is 42.2 Å². The smallest absolute Gasteiger partial charge is 0.357 e. The third-order valence-electron chi connectivity index (χ3n) is 8.31. The van der Waals surface area contributed by atoms with Crippen molar-refractivity contribution >= 4 is 27.5 Å². The first-order valence-corrected chi connectivity index (χ1v) is 16.3. The molecule has 4 rings (SSSR count). The molecule has 3 aromatic rings. The zero-order valence-corrected chi connectivity index (χ0v) is 27.1. The quantitative estimate of drug-likeness (QED) is 0.182. The first kappa shape index (κ1) is 36.1. The summed E-state index contributed by atoms with van der Waals surface area (Å²) in [5.74, 6) is -0.815. The van der Waals surface area contributed by atoms with Gasteiger partial charge < -0.3 is 9.80 Å². The van der Waals surface area contributed by atoms with E-state index in [0.717, 1.165) is 11.2 Å². The van der Waals surface area contributed by atoms with Gasteiger partial charge in [-0.05, 0) is 92.6 Å². The van der Waals surface area contributed by atoms with E-state index in [1.165, 1.54) is 45.3 Å². The Hall–Kier alpha value is -3.72. The molecule has 1 aliphatic rings. The van der Waals surface area contributed by atoms with E-state index in [2.05, 4.69) is 4.98 Å². The Labute approximate surface area is 268 Å². The van der Waals surface area contributed by atoms with Crippen molar-refractivity contribution in [2.45, 2.75) is 51.4 Å². The number of carbonyl (C=O) groups excluding carboxylic acids is 1. The summed E-state index contributed by atoms with van der Waals surface area (Å²) in [5, 5.41) is 0. The number of alkyl halides is 6. The largest absolute Gasteiger partial charge is 0.416 e. The molecule has 256 valence electrons. The Balaban J connectivity index is 1.73. The molecule has 47 heavy (non-hydrogen) atoms. The molecule has 2 aromatic carbocycles. The van der Waals surface area contributed by atoms with Crippen LogP contribution in [0, 0.1) is 18.7 Å². The molecule has 1 amide bonds. The van der Waals surface area contributed by atoms with Crippen LogP contribution in [0.1, 0.15) is 48.9 Å². The van der Waals surface area contributed by atoms with Gasteiger partial charge in [0.25, 0.3) is 10.1 Å². The van der Waals surface area contributed by atoms with E-state index in [1.807, 2.05) is 4.90 Å². The molecular formula is C32H34F7N3O4S. The number of likely N-dealkylation sites (N-methyl/N-ethyl adjacent to an activating group) is 1. The molecule has 1 saturated heterocycles. The minimum absolute atomic E-state index is 0.00115. The number of hydrogen-bond donors (Lipinski definition) is 0. The Bertz CT molecular complexity index is 1720. The van der Waals surface area contributed by atoms with Gasteiger partial charge in [0.05, 0.1) is 41.3 Å². The Morgan fingerprint density at radius 1 is 0.936 bits per heavy atom. The van der Waals surface area contributed by atoms with Crippen molar-refractivity contribution < 1.29 is 48.1 Å². The number of piperidine rings is 1. The van der Waals surface area contributed by atoms with Gasteiger partial charge in [0, 0.05) is 25.7 Å². The normalized spacial score (nSPS) is 15.2. The molecule has 0 N–H and O–H groups in total. The zero-order chi connectivity index (χ0) is 35.1. The van der Waals surface area contributed by atoms with Crippen LogP contribution >= 0.6 is 0 Å². The van der Waals surface area contributed by atoms with Crippen LogP contribution in [0.5, 0.6) is 0 Å². The van der Waals surface area contributed by atoms with Crippen LogP contribution in [-0.4, -0.2) is 52.3 Å². The van der Waals surface area contributed by atoms with Crippen LogP contribution in [0.2, 0.25) is 0 Å². The molecule has 0 saturated carbocycles. The van der Waals surface area contributed by atoms with E-state index in [0.29, 0.717) is 60.6 Å². The Morgan fingerprint density at radius 2 is 1.49 bits per heavy atom. The van der Waals surface area contributed by atoms with Gasteiger partial charge >= 0.3 is 12.4 Å². The van der Waals surface area contributed by atoms with Crippen molar-refractivity contribution in [1.82, 2.24) is 4.98 Å². The van der Waals surface area contributed by atoms with Gasteiger partial charge in [-0.1, -0.05) is 6.07 Å². The second kappa shape index (κ2) is 13.1. The standard InChI is InChI=1S/C32H34F7N3O4S/c1-19-12-24(33)6-7-25(19)26-16-28(42-10-8-20(9-11-42)18-46-47(5,44)45)40-17-27(26)41(4)29(43)30(2,3)21-13-22(31(34,35)36)15-23(14-21)32(37,38)39/h6-7,12-17,20H,8-11,18H2,1-5H3. The monoisotopic (exact) mass is 689 g/mol. The van der Waals surface area contributed by atoms with Crippen LogP contribution in [0.3, 0.4) is 0 Å². The van der Waals surface area contributed by atoms with Crippen molar-refractivity contribution in [3.05, 3.63) is 76.7 Å². The van der Waals surface area contributed by atoms with Crippen molar-refractivity contribution in [2.24, 2.45) is 5.92 Å². The van der Waals surface area contributed by atoms with Gasteiger partial charge in [0.1, 0.15) is 11.6 Å². The second-order valence-corrected chi connectivity index (χ2v) is 13.9. The van der Waals surface area contributed by atoms with E-state index in [-0.39, 0.29) is 24.3 Å². The SMILES string of the molecule is Cc1cc(F)ccc1-c1cc(N2CCC(COS(C)(=O)=O)CC2)ncc1N(C)C(=O)C(C)(C)c1cc(C(F)(F)F)cc(C(F)(F)F)c1. The Morgan fingerprint density at radius 3 is 2.00 bits per heavy atom. The van der Waals surface area contributed by atoms with Gasteiger partial charge in [-0.15, -0.1) is 0 Å². The maximum Gasteiger partial charge on any atom is 0.416 e. The second-order valence-electron chi connectivity index (χ2n) is 12.2. The van der Waals surface area contributed by atoms with E-state index in [9.17, 15) is 43.9 Å². The molecule has 1 fully saturated rings. The van der Waals surface area contributed by atoms with Gasteiger partial charge in [-0.3, -0.25) is 8.98 Å². The van der Waals surface area contributed by atoms with Crippen molar-refractivity contribution in [3.63, 3.8) is 0 Å². The number of amides is 1. The average molecular weight is 690 g/mol. The average Bonchev–Trinajstić information content (AvgIpc) is 2.98. The molecule has 0 atom stereocenters. The lowest BCUT2D eigenvalue weighted by Gasteiger charge is -2.34. The van der Waals surface area contributed by atoms with Crippen molar-refractivity contribution in [1.29, 1.82) is 0 Å². The fourth-order valence-corrected chi connectivity index (χ4v) is 5.98. The topological polar surface area (TPSA) is 79.8 Å². The number of aromatic nitrogens is 1. The molecule has 0 bridgehead atoms. The number of rotatable bonds is 8. The molecule has 0 unspecified atom stereocenters. The molecule has 7 nitrogen and oxygen atoms in total. The highest BCUT2D eigenvalue weighted by Gasteiger charge is 2.41. The van der Waals surface area contributed by atoms with Gasteiger partial charge in [0.15, 0.2) is 0 Å². The number of nitrogens with zero attached hydrogens (tertiary/aromatic N) is 3. The molecule has 1 aromatic heterocycles. The Kier molecular flexibility index (Phi) is 10.0. The molecule has 0 spiro atoms. The van der Waals surface area contributed by atoms with E-state index >= 15 is 0 Å². The predicted molar refractivity (Wildman–Crippen MR) is 163 cm³/mol. The number of carbonyl (C=O) groups is 1. The minimum Gasteiger partial charge on any atom is -0.357 e. The predicted octanol–water partition coefficient (Wildman–Crippen LogP) is 7.37. The number of benzene rings is 2. The first-order chi connectivity index (χ1) is 21.6. The number of anilines is 2. The summed E-state index contributed by atoms with van der Waals surface area (Å²) in [6.07, 6.45) is -6.62. The fourth-order valence-electron chi connectivity index (χ4n) is 5.54. The maximum absolute atomic E-state index is 14.1. The van der Waals surface area contributed by atoms with E-state index < -0.39 is 56.3 Å². The zero-order valence-electron chi connectivity index (χ0n) is 26.3. The van der Waals surface area contributed by atoms with E-state index in [4.69, 9.17) is 4.18 Å². The third kappa shape index (κ3) is 8.42. The number of hydrogen-bond acceptors (Lipinski definition) is 6. The van der Waals surface area contributed by atoms with Gasteiger partial charge in [-0.2, -0.15) is 34.8 Å². The number of pyridine rings is 1. The van der Waals surface area contributed by atoms with Crippen LogP contribution in [0.15, 0.2) is 48.7 Å². The highest BCUT2D eigenvalue weighted by atomic mass is 32.2. The highest BCUT2D eigenvalue weighted by molar-refractivity contribution is 7.85. The maximum atomic E-state index is 14.1. The molecular weight excluding hydrogens is 655 g/mol. The highest BCUT2D eigenvalue weighted by Crippen LogP contribution is 2.41. The number of aryl methyl sites for hydroxylation is 1. The van der Waals surface area contributed by atoms with Crippen LogP contribution < -0.4 is 9.80 Å².